The molecule has 0 radical (unpaired) electrons. The largest absolute Gasteiger partial charge is 0.453 e. The van der Waals surface area contributed by atoms with Crippen LogP contribution in [0.1, 0.15) is 25.2 Å². The van der Waals surface area contributed by atoms with Crippen LogP contribution in [-0.2, 0) is 11.0 Å². The third-order valence-electron chi connectivity index (χ3n) is 3.98. The summed E-state index contributed by atoms with van der Waals surface area (Å²) in [6.07, 6.45) is -4.98. The summed E-state index contributed by atoms with van der Waals surface area (Å²) < 4.78 is 56.0. The van der Waals surface area contributed by atoms with Crippen LogP contribution in [-0.4, -0.2) is 5.97 Å². The maximum Gasteiger partial charge on any atom is 0.453 e. The molecule has 0 saturated heterocycles. The van der Waals surface area contributed by atoms with Crippen molar-refractivity contribution in [3.63, 3.8) is 0 Å². The third kappa shape index (κ3) is 4.42. The highest BCUT2D eigenvalue weighted by Gasteiger charge is 2.40. The molecule has 2 aromatic carbocycles. The van der Waals surface area contributed by atoms with Crippen molar-refractivity contribution in [3.8, 4) is 17.2 Å². The molecule has 0 aliphatic carbocycles. The normalized spacial score (nSPS) is 11.7. The highest BCUT2D eigenvalue weighted by molar-refractivity contribution is 5.81. The van der Waals surface area contributed by atoms with Gasteiger partial charge in [-0.25, -0.2) is 0 Å². The van der Waals surface area contributed by atoms with Gasteiger partial charge in [-0.3, -0.25) is 9.59 Å². The number of carbonyl (C=O) groups excluding carboxylic acids is 1. The van der Waals surface area contributed by atoms with Gasteiger partial charge in [-0.1, -0.05) is 26.0 Å². The van der Waals surface area contributed by atoms with Gasteiger partial charge >= 0.3 is 12.1 Å². The van der Waals surface area contributed by atoms with Crippen LogP contribution in [0.25, 0.3) is 11.0 Å². The van der Waals surface area contributed by atoms with E-state index in [-0.39, 0.29) is 22.5 Å². The second-order valence-corrected chi connectivity index (χ2v) is 6.74. The number of halogens is 3. The van der Waals surface area contributed by atoms with E-state index in [9.17, 15) is 22.8 Å². The Balaban J connectivity index is 2.14. The quantitative estimate of drug-likeness (QED) is 0.424. The summed E-state index contributed by atoms with van der Waals surface area (Å²) in [6, 6.07) is 9.87. The van der Waals surface area contributed by atoms with Crippen LogP contribution in [0.4, 0.5) is 13.2 Å². The first-order valence-electron chi connectivity index (χ1n) is 8.70. The fraction of sp³-hybridized carbons (Fsp3) is 0.238. The van der Waals surface area contributed by atoms with E-state index in [1.54, 1.807) is 32.9 Å². The molecule has 0 spiro atoms. The fourth-order valence-electron chi connectivity index (χ4n) is 2.53. The fourth-order valence-corrected chi connectivity index (χ4v) is 2.53. The van der Waals surface area contributed by atoms with Gasteiger partial charge in [-0.2, -0.15) is 13.2 Å². The van der Waals surface area contributed by atoms with E-state index in [0.717, 1.165) is 11.6 Å². The number of esters is 1. The molecule has 0 atom stereocenters. The number of fused-ring (bicyclic) bond motifs is 1. The summed E-state index contributed by atoms with van der Waals surface area (Å²) in [7, 11) is 0. The third-order valence-corrected chi connectivity index (χ3v) is 3.98. The molecule has 29 heavy (non-hydrogen) atoms. The number of hydrogen-bond acceptors (Lipinski definition) is 5. The number of alkyl halides is 3. The Morgan fingerprint density at radius 2 is 1.79 bits per heavy atom. The van der Waals surface area contributed by atoms with Crippen molar-refractivity contribution < 1.29 is 31.9 Å². The van der Waals surface area contributed by atoms with Crippen LogP contribution in [0.3, 0.4) is 0 Å². The SMILES string of the molecule is Cc1cccc(Oc2c(C(F)(F)F)oc3cc(OC(=O)C(C)C)ccc3c2=O)c1. The topological polar surface area (TPSA) is 65.7 Å². The van der Waals surface area contributed by atoms with Crippen LogP contribution in [0.2, 0.25) is 0 Å². The van der Waals surface area contributed by atoms with Crippen LogP contribution in [0.15, 0.2) is 51.7 Å². The van der Waals surface area contributed by atoms with Gasteiger partial charge in [-0.05, 0) is 36.8 Å². The molecule has 0 saturated carbocycles. The Hall–Kier alpha value is -3.29. The average molecular weight is 406 g/mol. The standard InChI is InChI=1S/C21H17F3O5/c1-11(2)20(26)28-14-7-8-15-16(10-14)29-19(21(22,23)24)18(17(15)25)27-13-6-4-5-12(3)9-13/h4-11H,1-3H3. The van der Waals surface area contributed by atoms with Crippen LogP contribution >= 0.6 is 0 Å². The Morgan fingerprint density at radius 1 is 1.07 bits per heavy atom. The second kappa shape index (κ2) is 7.62. The molecule has 0 fully saturated rings. The molecule has 0 aliphatic rings. The van der Waals surface area contributed by atoms with Crippen LogP contribution in [0.5, 0.6) is 17.2 Å². The van der Waals surface area contributed by atoms with Crippen molar-refractivity contribution in [1.82, 2.24) is 0 Å². The predicted molar refractivity (Wildman–Crippen MR) is 99.2 cm³/mol. The number of carbonyl (C=O) groups is 1. The minimum Gasteiger partial charge on any atom is -0.449 e. The van der Waals surface area contributed by atoms with Gasteiger partial charge in [0, 0.05) is 6.07 Å². The van der Waals surface area contributed by atoms with E-state index in [1.165, 1.54) is 24.3 Å². The van der Waals surface area contributed by atoms with Crippen LogP contribution < -0.4 is 14.9 Å². The van der Waals surface area contributed by atoms with E-state index < -0.39 is 35.0 Å². The zero-order chi connectivity index (χ0) is 21.3. The first kappa shape index (κ1) is 20.4. The summed E-state index contributed by atoms with van der Waals surface area (Å²) in [4.78, 5) is 24.4. The van der Waals surface area contributed by atoms with E-state index in [1.807, 2.05) is 0 Å². The van der Waals surface area contributed by atoms with Gasteiger partial charge in [0.15, 0.2) is 0 Å². The molecular weight excluding hydrogens is 389 g/mol. The molecule has 0 amide bonds. The van der Waals surface area contributed by atoms with Gasteiger partial charge in [-0.15, -0.1) is 0 Å². The molecule has 1 aromatic heterocycles. The van der Waals surface area contributed by atoms with Crippen molar-refractivity contribution >= 4 is 16.9 Å². The Bertz CT molecular complexity index is 1130. The lowest BCUT2D eigenvalue weighted by molar-refractivity contribution is -0.154. The monoisotopic (exact) mass is 406 g/mol. The molecule has 0 bridgehead atoms. The molecule has 3 aromatic rings. The van der Waals surface area contributed by atoms with Crippen molar-refractivity contribution in [2.45, 2.75) is 26.9 Å². The van der Waals surface area contributed by atoms with Gasteiger partial charge in [0.1, 0.15) is 17.1 Å². The van der Waals surface area contributed by atoms with E-state index >= 15 is 0 Å². The Labute approximate surface area is 163 Å². The lowest BCUT2D eigenvalue weighted by atomic mass is 10.2. The zero-order valence-electron chi connectivity index (χ0n) is 15.8. The molecular formula is C21H17F3O5. The maximum absolute atomic E-state index is 13.6. The predicted octanol–water partition coefficient (Wildman–Crippen LogP) is 5.47. The minimum atomic E-state index is -4.98. The summed E-state index contributed by atoms with van der Waals surface area (Å²) >= 11 is 0. The number of ether oxygens (including phenoxy) is 2. The number of hydrogen-bond donors (Lipinski definition) is 0. The molecule has 0 aliphatic heterocycles. The van der Waals surface area contributed by atoms with Gasteiger partial charge < -0.3 is 13.9 Å². The number of aryl methyl sites for hydroxylation is 1. The first-order chi connectivity index (χ1) is 13.6. The molecule has 8 heteroatoms. The molecule has 3 rings (SSSR count). The smallest absolute Gasteiger partial charge is 0.449 e. The molecule has 152 valence electrons. The van der Waals surface area contributed by atoms with E-state index in [2.05, 4.69) is 0 Å². The minimum absolute atomic E-state index is 0.0279. The van der Waals surface area contributed by atoms with Gasteiger partial charge in [0.2, 0.25) is 11.2 Å². The van der Waals surface area contributed by atoms with Crippen molar-refractivity contribution in [2.24, 2.45) is 5.92 Å². The molecule has 1 heterocycles. The zero-order valence-corrected chi connectivity index (χ0v) is 15.8. The first-order valence-corrected chi connectivity index (χ1v) is 8.70. The summed E-state index contributed by atoms with van der Waals surface area (Å²) in [5.41, 5.74) is -0.604. The lowest BCUT2D eigenvalue weighted by Gasteiger charge is -2.14. The van der Waals surface area contributed by atoms with Gasteiger partial charge in [0.05, 0.1) is 11.3 Å². The maximum atomic E-state index is 13.6. The second-order valence-electron chi connectivity index (χ2n) is 6.74. The average Bonchev–Trinajstić information content (AvgIpc) is 2.63. The molecule has 0 unspecified atom stereocenters. The highest BCUT2D eigenvalue weighted by atomic mass is 19.4. The number of benzene rings is 2. The summed E-state index contributed by atoms with van der Waals surface area (Å²) in [6.45, 7) is 4.96. The van der Waals surface area contributed by atoms with Gasteiger partial charge in [0.25, 0.3) is 5.76 Å². The number of rotatable bonds is 4. The lowest BCUT2D eigenvalue weighted by Crippen LogP contribution is -2.16. The summed E-state index contributed by atoms with van der Waals surface area (Å²) in [5.74, 6) is -3.48. The van der Waals surface area contributed by atoms with Crippen molar-refractivity contribution in [1.29, 1.82) is 0 Å². The Kier molecular flexibility index (Phi) is 5.37. The molecule has 5 nitrogen and oxygen atoms in total. The Morgan fingerprint density at radius 3 is 2.41 bits per heavy atom. The van der Waals surface area contributed by atoms with E-state index in [4.69, 9.17) is 13.9 Å². The molecule has 0 N–H and O–H groups in total. The van der Waals surface area contributed by atoms with E-state index in [0.29, 0.717) is 0 Å². The van der Waals surface area contributed by atoms with Crippen LogP contribution in [0, 0.1) is 12.8 Å². The highest BCUT2D eigenvalue weighted by Crippen LogP contribution is 2.38. The van der Waals surface area contributed by atoms with Crippen molar-refractivity contribution in [2.75, 3.05) is 0 Å². The van der Waals surface area contributed by atoms with Crippen molar-refractivity contribution in [3.05, 3.63) is 64.0 Å². The summed E-state index contributed by atoms with van der Waals surface area (Å²) in [5, 5.41) is -0.134.